The molecule has 0 radical (unpaired) electrons. The van der Waals surface area contributed by atoms with Gasteiger partial charge in [-0.25, -0.2) is 0 Å². The lowest BCUT2D eigenvalue weighted by Gasteiger charge is -2.07. The molecule has 0 fully saturated rings. The van der Waals surface area contributed by atoms with Gasteiger partial charge in [0.15, 0.2) is 0 Å². The minimum absolute atomic E-state index is 0. The average molecular weight is 215 g/mol. The zero-order valence-electron chi connectivity index (χ0n) is 10.8. The summed E-state index contributed by atoms with van der Waals surface area (Å²) in [5, 5.41) is 3.41. The van der Waals surface area contributed by atoms with Crippen molar-refractivity contribution in [3.05, 3.63) is 0 Å². The second-order valence-corrected chi connectivity index (χ2v) is 5.03. The first-order valence-electron chi connectivity index (χ1n) is 6.27. The van der Waals surface area contributed by atoms with Crippen molar-refractivity contribution in [1.82, 2.24) is 5.32 Å². The summed E-state index contributed by atoms with van der Waals surface area (Å²) in [6.07, 6.45) is 4.18. The van der Waals surface area contributed by atoms with Crippen molar-refractivity contribution >= 4 is 5.78 Å². The Balaban J connectivity index is 0. The molecular formula is C13H29NO. The molecule has 2 heteroatoms. The van der Waals surface area contributed by atoms with Crippen LogP contribution in [0.1, 0.15) is 54.8 Å². The number of carbonyl (C=O) groups excluding carboxylic acids is 1. The Morgan fingerprint density at radius 2 is 1.80 bits per heavy atom. The SMILES string of the molecule is CC(C)CNCCCCCC(=O)C(C)C.[HH]. The van der Waals surface area contributed by atoms with Crippen LogP contribution in [0.15, 0.2) is 0 Å². The van der Waals surface area contributed by atoms with Gasteiger partial charge in [0.1, 0.15) is 5.78 Å². The molecule has 0 rings (SSSR count). The molecule has 0 spiro atoms. The number of Topliss-reactive ketones (excluding diaryl/α,β-unsaturated/α-hetero) is 1. The normalized spacial score (nSPS) is 11.3. The van der Waals surface area contributed by atoms with E-state index in [-0.39, 0.29) is 7.34 Å². The zero-order chi connectivity index (χ0) is 11.7. The number of hydrogen-bond acceptors (Lipinski definition) is 2. The number of ketones is 1. The molecule has 0 amide bonds. The Kier molecular flexibility index (Phi) is 8.68. The summed E-state index contributed by atoms with van der Waals surface area (Å²) in [4.78, 5) is 11.3. The lowest BCUT2D eigenvalue weighted by Crippen LogP contribution is -2.20. The van der Waals surface area contributed by atoms with E-state index in [1.807, 2.05) is 13.8 Å². The molecule has 2 nitrogen and oxygen atoms in total. The molecule has 0 unspecified atom stereocenters. The topological polar surface area (TPSA) is 29.1 Å². The first-order chi connectivity index (χ1) is 7.04. The van der Waals surface area contributed by atoms with Crippen LogP contribution in [0.5, 0.6) is 0 Å². The number of unbranched alkanes of at least 4 members (excludes halogenated alkanes) is 2. The summed E-state index contributed by atoms with van der Waals surface area (Å²) in [5.74, 6) is 1.35. The van der Waals surface area contributed by atoms with Gasteiger partial charge in [-0.15, -0.1) is 0 Å². The van der Waals surface area contributed by atoms with E-state index in [1.165, 1.54) is 12.8 Å². The lowest BCUT2D eigenvalue weighted by molar-refractivity contribution is -0.122. The summed E-state index contributed by atoms with van der Waals surface area (Å²) in [5.41, 5.74) is 0. The summed E-state index contributed by atoms with van der Waals surface area (Å²) < 4.78 is 0. The van der Waals surface area contributed by atoms with Crippen molar-refractivity contribution in [3.63, 3.8) is 0 Å². The fourth-order valence-corrected chi connectivity index (χ4v) is 1.41. The van der Waals surface area contributed by atoms with Crippen LogP contribution >= 0.6 is 0 Å². The maximum absolute atomic E-state index is 11.3. The molecule has 0 aliphatic heterocycles. The van der Waals surface area contributed by atoms with Gasteiger partial charge in [0.2, 0.25) is 0 Å². The molecule has 0 atom stereocenters. The number of nitrogens with one attached hydrogen (secondary N) is 1. The molecule has 0 aromatic rings. The first-order valence-corrected chi connectivity index (χ1v) is 6.27. The molecule has 0 aliphatic rings. The van der Waals surface area contributed by atoms with Crippen LogP contribution in [-0.2, 0) is 4.79 Å². The predicted octanol–water partition coefficient (Wildman–Crippen LogP) is 3.26. The summed E-state index contributed by atoms with van der Waals surface area (Å²) >= 11 is 0. The monoisotopic (exact) mass is 215 g/mol. The molecule has 0 aromatic heterocycles. The highest BCUT2D eigenvalue weighted by atomic mass is 16.1. The second kappa shape index (κ2) is 8.90. The van der Waals surface area contributed by atoms with E-state index < -0.39 is 0 Å². The predicted molar refractivity (Wildman–Crippen MR) is 68.1 cm³/mol. The molecule has 0 aromatic carbocycles. The van der Waals surface area contributed by atoms with Gasteiger partial charge in [-0.1, -0.05) is 34.1 Å². The van der Waals surface area contributed by atoms with Crippen molar-refractivity contribution in [2.24, 2.45) is 11.8 Å². The number of carbonyl (C=O) groups is 1. The van der Waals surface area contributed by atoms with Gasteiger partial charge in [0, 0.05) is 13.8 Å². The van der Waals surface area contributed by atoms with E-state index in [2.05, 4.69) is 19.2 Å². The third-order valence-corrected chi connectivity index (χ3v) is 2.47. The Morgan fingerprint density at radius 3 is 2.33 bits per heavy atom. The standard InChI is InChI=1S/C13H27NO.H2/c1-11(2)10-14-9-7-5-6-8-13(15)12(3)4;/h11-12,14H,5-10H2,1-4H3;1H. The van der Waals surface area contributed by atoms with Gasteiger partial charge < -0.3 is 5.32 Å². The molecule has 0 bridgehead atoms. The van der Waals surface area contributed by atoms with Crippen LogP contribution in [0.3, 0.4) is 0 Å². The van der Waals surface area contributed by atoms with Gasteiger partial charge in [-0.3, -0.25) is 4.79 Å². The fourth-order valence-electron chi connectivity index (χ4n) is 1.41. The number of hydrogen-bond donors (Lipinski definition) is 1. The zero-order valence-corrected chi connectivity index (χ0v) is 10.8. The van der Waals surface area contributed by atoms with Gasteiger partial charge >= 0.3 is 0 Å². The largest absolute Gasteiger partial charge is 0.316 e. The van der Waals surface area contributed by atoms with Gasteiger partial charge in [0.05, 0.1) is 0 Å². The average Bonchev–Trinajstić information content (AvgIpc) is 2.15. The third kappa shape index (κ3) is 9.92. The molecular weight excluding hydrogens is 186 g/mol. The molecule has 15 heavy (non-hydrogen) atoms. The van der Waals surface area contributed by atoms with E-state index in [1.54, 1.807) is 0 Å². The summed E-state index contributed by atoms with van der Waals surface area (Å²) in [6.45, 7) is 10.6. The quantitative estimate of drug-likeness (QED) is 0.598. The van der Waals surface area contributed by atoms with Crippen LogP contribution in [0.25, 0.3) is 0 Å². The Hall–Kier alpha value is -0.370. The smallest absolute Gasteiger partial charge is 0.135 e. The fraction of sp³-hybridized carbons (Fsp3) is 0.923. The van der Waals surface area contributed by atoms with Gasteiger partial charge in [-0.2, -0.15) is 0 Å². The lowest BCUT2D eigenvalue weighted by atomic mass is 10.0. The first kappa shape index (κ1) is 14.6. The highest BCUT2D eigenvalue weighted by Crippen LogP contribution is 2.05. The van der Waals surface area contributed by atoms with E-state index in [0.717, 1.165) is 31.8 Å². The Bertz CT molecular complexity index is 169. The maximum atomic E-state index is 11.3. The highest BCUT2D eigenvalue weighted by molar-refractivity contribution is 5.80. The molecule has 1 N–H and O–H groups in total. The Morgan fingerprint density at radius 1 is 1.13 bits per heavy atom. The second-order valence-electron chi connectivity index (χ2n) is 5.03. The molecule has 0 heterocycles. The van der Waals surface area contributed by atoms with E-state index in [0.29, 0.717) is 5.78 Å². The molecule has 0 aliphatic carbocycles. The van der Waals surface area contributed by atoms with Crippen molar-refractivity contribution in [1.29, 1.82) is 0 Å². The Labute approximate surface area is 96.3 Å². The van der Waals surface area contributed by atoms with Gasteiger partial charge in [0.25, 0.3) is 0 Å². The molecule has 92 valence electrons. The number of rotatable bonds is 9. The summed E-state index contributed by atoms with van der Waals surface area (Å²) in [6, 6.07) is 0. The van der Waals surface area contributed by atoms with Crippen LogP contribution in [0.4, 0.5) is 0 Å². The third-order valence-electron chi connectivity index (χ3n) is 2.47. The van der Waals surface area contributed by atoms with E-state index in [9.17, 15) is 4.79 Å². The maximum Gasteiger partial charge on any atom is 0.135 e. The summed E-state index contributed by atoms with van der Waals surface area (Å²) in [7, 11) is 0. The van der Waals surface area contributed by atoms with Gasteiger partial charge in [-0.05, 0) is 31.8 Å². The van der Waals surface area contributed by atoms with Crippen molar-refractivity contribution in [3.8, 4) is 0 Å². The minimum Gasteiger partial charge on any atom is -0.316 e. The van der Waals surface area contributed by atoms with Crippen molar-refractivity contribution < 1.29 is 6.22 Å². The van der Waals surface area contributed by atoms with Crippen LogP contribution in [-0.4, -0.2) is 18.9 Å². The van der Waals surface area contributed by atoms with Crippen LogP contribution < -0.4 is 5.32 Å². The minimum atomic E-state index is 0. The van der Waals surface area contributed by atoms with Crippen molar-refractivity contribution in [2.45, 2.75) is 53.4 Å². The van der Waals surface area contributed by atoms with Crippen LogP contribution in [0, 0.1) is 11.8 Å². The van der Waals surface area contributed by atoms with E-state index in [4.69, 9.17) is 0 Å². The van der Waals surface area contributed by atoms with E-state index >= 15 is 0 Å². The van der Waals surface area contributed by atoms with Crippen molar-refractivity contribution in [2.75, 3.05) is 13.1 Å². The van der Waals surface area contributed by atoms with Crippen LogP contribution in [0.2, 0.25) is 0 Å². The molecule has 0 saturated carbocycles. The highest BCUT2D eigenvalue weighted by Gasteiger charge is 2.05. The molecule has 0 saturated heterocycles.